The topological polar surface area (TPSA) is 197 Å². The Hall–Kier alpha value is -3.72. The number of hydrogen-bond donors (Lipinski definition) is 4. The molecule has 0 bridgehead atoms. The summed E-state index contributed by atoms with van der Waals surface area (Å²) in [5.74, 6) is -5.44. The largest absolute Gasteiger partial charge is 0.467 e. The number of nitrogens with one attached hydrogen (secondary N) is 2. The fraction of sp³-hybridized carbons (Fsp3) is 0.308. The second-order valence-corrected chi connectivity index (χ2v) is 10.9. The smallest absolute Gasteiger partial charge is 0.334 e. The van der Waals surface area contributed by atoms with Crippen LogP contribution in [0.4, 0.5) is 0 Å². The molecule has 6 N–H and O–H groups in total. The van der Waals surface area contributed by atoms with Crippen LogP contribution in [0, 0.1) is 0 Å². The van der Waals surface area contributed by atoms with Crippen LogP contribution in [0.25, 0.3) is 0 Å². The second kappa shape index (κ2) is 15.2. The molecule has 14 heteroatoms. The minimum atomic E-state index is -2.15. The Balaban J connectivity index is 2.00. The lowest BCUT2D eigenvalue weighted by Crippen LogP contribution is -2.61. The van der Waals surface area contributed by atoms with E-state index in [4.69, 9.17) is 20.9 Å². The molecule has 0 aliphatic heterocycles. The van der Waals surface area contributed by atoms with Crippen molar-refractivity contribution in [2.24, 2.45) is 11.5 Å². The molecule has 214 valence electrons. The number of carbonyl (C=O) groups excluding carboxylic acids is 6. The molecule has 12 nitrogen and oxygen atoms in total. The lowest BCUT2D eigenvalue weighted by Gasteiger charge is -2.27. The summed E-state index contributed by atoms with van der Waals surface area (Å²) in [6.07, 6.45) is 0. The zero-order chi connectivity index (χ0) is 29.8. The van der Waals surface area contributed by atoms with Gasteiger partial charge in [0.15, 0.2) is 22.6 Å². The average molecular weight is 591 g/mol. The third-order valence-corrected chi connectivity index (χ3v) is 8.16. The zero-order valence-corrected chi connectivity index (χ0v) is 23.5. The van der Waals surface area contributed by atoms with Crippen molar-refractivity contribution in [2.75, 3.05) is 38.8 Å². The predicted octanol–water partition coefficient (Wildman–Crippen LogP) is 0.107. The number of esters is 2. The Labute approximate surface area is 238 Å². The summed E-state index contributed by atoms with van der Waals surface area (Å²) in [6, 6.07) is 16.3. The Morgan fingerprint density at radius 3 is 1.27 bits per heavy atom. The van der Waals surface area contributed by atoms with Crippen molar-refractivity contribution in [3.63, 3.8) is 0 Å². The van der Waals surface area contributed by atoms with Gasteiger partial charge in [0.25, 0.3) is 11.8 Å². The highest BCUT2D eigenvalue weighted by Gasteiger charge is 2.45. The van der Waals surface area contributed by atoms with Gasteiger partial charge in [-0.1, -0.05) is 58.0 Å². The number of amides is 2. The molecule has 0 saturated carbocycles. The van der Waals surface area contributed by atoms with E-state index in [0.717, 1.165) is 35.8 Å². The van der Waals surface area contributed by atoms with Crippen molar-refractivity contribution < 1.29 is 38.2 Å². The normalized spacial score (nSPS) is 13.6. The molecule has 40 heavy (non-hydrogen) atoms. The van der Waals surface area contributed by atoms with Gasteiger partial charge in [-0.3, -0.25) is 19.2 Å². The fourth-order valence-corrected chi connectivity index (χ4v) is 5.87. The van der Waals surface area contributed by atoms with E-state index in [-0.39, 0.29) is 11.5 Å². The first-order valence-corrected chi connectivity index (χ1v) is 14.2. The highest BCUT2D eigenvalue weighted by atomic mass is 33.1. The Bertz CT molecular complexity index is 1140. The van der Waals surface area contributed by atoms with Gasteiger partial charge in [0.2, 0.25) is 0 Å². The van der Waals surface area contributed by atoms with E-state index in [9.17, 15) is 28.8 Å². The highest BCUT2D eigenvalue weighted by molar-refractivity contribution is 8.76. The van der Waals surface area contributed by atoms with Crippen molar-refractivity contribution in [2.45, 2.75) is 11.1 Å². The number of benzene rings is 2. The molecule has 0 spiro atoms. The van der Waals surface area contributed by atoms with Crippen molar-refractivity contribution in [1.29, 1.82) is 0 Å². The molecule has 0 aliphatic rings. The number of rotatable bonds is 15. The molecule has 0 aliphatic carbocycles. The number of ketones is 2. The molecule has 2 atom stereocenters. The molecule has 2 unspecified atom stereocenters. The van der Waals surface area contributed by atoms with E-state index in [0.29, 0.717) is 11.1 Å². The lowest BCUT2D eigenvalue weighted by atomic mass is 9.97. The number of nitrogens with two attached hydrogens (primary N) is 2. The highest BCUT2D eigenvalue weighted by Crippen LogP contribution is 2.29. The van der Waals surface area contributed by atoms with Gasteiger partial charge < -0.3 is 31.6 Å². The van der Waals surface area contributed by atoms with E-state index in [1.807, 2.05) is 0 Å². The van der Waals surface area contributed by atoms with Gasteiger partial charge in [-0.15, -0.1) is 0 Å². The lowest BCUT2D eigenvalue weighted by molar-refractivity contribution is -0.151. The van der Waals surface area contributed by atoms with Gasteiger partial charge in [-0.25, -0.2) is 9.59 Å². The average Bonchev–Trinajstić information content (AvgIpc) is 2.99. The van der Waals surface area contributed by atoms with Crippen LogP contribution in [-0.2, 0) is 28.7 Å². The Morgan fingerprint density at radius 2 is 0.975 bits per heavy atom. The van der Waals surface area contributed by atoms with Gasteiger partial charge in [0, 0.05) is 22.6 Å². The first-order valence-electron chi connectivity index (χ1n) is 11.7. The molecule has 0 fully saturated rings. The molecule has 2 aromatic rings. The minimum absolute atomic E-state index is 0.313. The monoisotopic (exact) mass is 590 g/mol. The zero-order valence-electron chi connectivity index (χ0n) is 21.8. The maximum atomic E-state index is 12.9. The van der Waals surface area contributed by atoms with Gasteiger partial charge in [-0.05, 0) is 24.3 Å². The molecule has 2 aromatic carbocycles. The third kappa shape index (κ3) is 8.39. The van der Waals surface area contributed by atoms with E-state index >= 15 is 0 Å². The van der Waals surface area contributed by atoms with Gasteiger partial charge >= 0.3 is 11.9 Å². The number of hydrogen-bond acceptors (Lipinski definition) is 12. The quantitative estimate of drug-likeness (QED) is 0.0947. The summed E-state index contributed by atoms with van der Waals surface area (Å²) < 4.78 is 9.39. The molecule has 2 amide bonds. The molecular weight excluding hydrogens is 560 g/mol. The fourth-order valence-electron chi connectivity index (χ4n) is 3.16. The van der Waals surface area contributed by atoms with E-state index < -0.39 is 59.5 Å². The summed E-state index contributed by atoms with van der Waals surface area (Å²) in [7, 11) is 3.89. The van der Waals surface area contributed by atoms with Crippen molar-refractivity contribution in [3.8, 4) is 0 Å². The number of methoxy groups -OCH3 is 2. The molecule has 0 saturated heterocycles. The van der Waals surface area contributed by atoms with Crippen LogP contribution in [0.1, 0.15) is 20.7 Å². The standard InChI is InChI=1S/C26H30N4O8S2/c1-37-23(35)25(27,19(31)13-29-21(33)17-9-5-3-6-10-17)15-39-40-16-26(28,24(36)38-2)20(32)14-30-22(34)18-11-7-4-8-12-18/h3-12H,13-16,27-28H2,1-2H3,(H,29,33)(H,30,34). The van der Waals surface area contributed by atoms with Gasteiger partial charge in [0.1, 0.15) is 0 Å². The van der Waals surface area contributed by atoms with Crippen LogP contribution >= 0.6 is 21.6 Å². The number of Topliss-reactive ketones (excluding diaryl/α,β-unsaturated/α-hetero) is 2. The maximum absolute atomic E-state index is 12.9. The summed E-state index contributed by atoms with van der Waals surface area (Å²) in [5.41, 5.74) is 8.54. The van der Waals surface area contributed by atoms with Crippen molar-refractivity contribution in [1.82, 2.24) is 10.6 Å². The first kappa shape index (κ1) is 32.5. The van der Waals surface area contributed by atoms with Crippen molar-refractivity contribution >= 4 is 56.9 Å². The van der Waals surface area contributed by atoms with Crippen LogP contribution in [-0.4, -0.2) is 85.2 Å². The van der Waals surface area contributed by atoms with Gasteiger partial charge in [-0.2, -0.15) is 0 Å². The van der Waals surface area contributed by atoms with E-state index in [1.165, 1.54) is 0 Å². The minimum Gasteiger partial charge on any atom is -0.467 e. The molecule has 0 radical (unpaired) electrons. The summed E-state index contributed by atoms with van der Waals surface area (Å²) in [6.45, 7) is -1.10. The van der Waals surface area contributed by atoms with Gasteiger partial charge in [0.05, 0.1) is 27.3 Å². The van der Waals surface area contributed by atoms with Crippen LogP contribution in [0.5, 0.6) is 0 Å². The van der Waals surface area contributed by atoms with Crippen LogP contribution in [0.2, 0.25) is 0 Å². The third-order valence-electron chi connectivity index (χ3n) is 5.64. The molecular formula is C26H30N4O8S2. The summed E-state index contributed by atoms with van der Waals surface area (Å²) >= 11 is 0. The molecule has 0 aromatic heterocycles. The second-order valence-electron chi connectivity index (χ2n) is 8.39. The molecule has 0 heterocycles. The maximum Gasteiger partial charge on any atom is 0.334 e. The number of carbonyl (C=O) groups is 6. The van der Waals surface area contributed by atoms with Crippen molar-refractivity contribution in [3.05, 3.63) is 71.8 Å². The van der Waals surface area contributed by atoms with Crippen LogP contribution in [0.3, 0.4) is 0 Å². The van der Waals surface area contributed by atoms with Crippen LogP contribution in [0.15, 0.2) is 60.7 Å². The van der Waals surface area contributed by atoms with Crippen LogP contribution < -0.4 is 22.1 Å². The SMILES string of the molecule is COC(=O)C(N)(CSSCC(N)(C(=O)CNC(=O)c1ccccc1)C(=O)OC)C(=O)CNC(=O)c1ccccc1. The predicted molar refractivity (Wildman–Crippen MR) is 150 cm³/mol. The van der Waals surface area contributed by atoms with E-state index in [2.05, 4.69) is 10.6 Å². The summed E-state index contributed by atoms with van der Waals surface area (Å²) in [5, 5.41) is 4.84. The molecule has 2 rings (SSSR count). The Kier molecular flexibility index (Phi) is 12.3. The van der Waals surface area contributed by atoms with E-state index in [1.54, 1.807) is 60.7 Å². The first-order chi connectivity index (χ1) is 19.0. The Morgan fingerprint density at radius 1 is 0.650 bits per heavy atom. The summed E-state index contributed by atoms with van der Waals surface area (Å²) in [4.78, 5) is 75.1. The number of ether oxygens (including phenoxy) is 2.